The van der Waals surface area contributed by atoms with Crippen LogP contribution in [-0.2, 0) is 10.0 Å². The summed E-state index contributed by atoms with van der Waals surface area (Å²) in [6, 6.07) is 4.65. The Balaban J connectivity index is 2.06. The van der Waals surface area contributed by atoms with Gasteiger partial charge in [-0.05, 0) is 37.6 Å². The van der Waals surface area contributed by atoms with Crippen LogP contribution in [0.3, 0.4) is 0 Å². The first-order valence-electron chi connectivity index (χ1n) is 5.64. The monoisotopic (exact) mass is 308 g/mol. The Hall–Kier alpha value is -0.490. The third kappa shape index (κ3) is 4.02. The molecule has 2 N–H and O–H groups in total. The average molecular weight is 309 g/mol. The number of halogens is 2. The fourth-order valence-electron chi connectivity index (χ4n) is 2.00. The lowest BCUT2D eigenvalue weighted by Gasteiger charge is -2.13. The molecule has 0 bridgehead atoms. The number of hydrogen-bond acceptors (Lipinski definition) is 3. The van der Waals surface area contributed by atoms with Crippen molar-refractivity contribution in [3.05, 3.63) is 28.2 Å². The average Bonchev–Trinajstić information content (AvgIpc) is 2.66. The molecule has 0 amide bonds. The van der Waals surface area contributed by atoms with Crippen molar-refractivity contribution in [1.29, 1.82) is 0 Å². The molecule has 1 aromatic carbocycles. The summed E-state index contributed by atoms with van der Waals surface area (Å²) in [7, 11) is -3.38. The number of rotatable bonds is 4. The van der Waals surface area contributed by atoms with E-state index in [1.807, 2.05) is 0 Å². The molecule has 2 rings (SSSR count). The normalized spacial score (nSPS) is 20.0. The summed E-state index contributed by atoms with van der Waals surface area (Å²) in [4.78, 5) is 0. The third-order valence-electron chi connectivity index (χ3n) is 2.72. The predicted octanol–water partition coefficient (Wildman–Crippen LogP) is 2.49. The van der Waals surface area contributed by atoms with Gasteiger partial charge in [-0.2, -0.15) is 0 Å². The molecule has 18 heavy (non-hydrogen) atoms. The molecule has 4 nitrogen and oxygen atoms in total. The maximum Gasteiger partial charge on any atom is 0.234 e. The van der Waals surface area contributed by atoms with Crippen LogP contribution >= 0.6 is 23.2 Å². The van der Waals surface area contributed by atoms with Crippen molar-refractivity contribution >= 4 is 38.9 Å². The van der Waals surface area contributed by atoms with Crippen LogP contribution in [-0.4, -0.2) is 26.8 Å². The van der Waals surface area contributed by atoms with Crippen LogP contribution in [0.25, 0.3) is 0 Å². The molecule has 0 aliphatic carbocycles. The summed E-state index contributed by atoms with van der Waals surface area (Å²) in [5.74, 6) is 0.0666. The van der Waals surface area contributed by atoms with Crippen molar-refractivity contribution in [1.82, 2.24) is 5.32 Å². The van der Waals surface area contributed by atoms with E-state index in [2.05, 4.69) is 10.0 Å². The third-order valence-corrected chi connectivity index (χ3v) is 4.54. The molecule has 1 atom stereocenters. The van der Waals surface area contributed by atoms with Crippen LogP contribution < -0.4 is 10.0 Å². The van der Waals surface area contributed by atoms with Gasteiger partial charge in [-0.25, -0.2) is 8.42 Å². The standard InChI is InChI=1S/C11H14Cl2N2O2S/c12-8-4-9(13)6-11(5-8)15-18(16,17)7-10-2-1-3-14-10/h4-6,10,14-15H,1-3,7H2. The Morgan fingerprint density at radius 2 is 1.94 bits per heavy atom. The van der Waals surface area contributed by atoms with Crippen LogP contribution in [0.5, 0.6) is 0 Å². The minimum atomic E-state index is -3.38. The Labute approximate surface area is 117 Å². The molecule has 1 saturated heterocycles. The van der Waals surface area contributed by atoms with Gasteiger partial charge in [0.15, 0.2) is 0 Å². The molecule has 7 heteroatoms. The lowest BCUT2D eigenvalue weighted by Crippen LogP contribution is -2.32. The smallest absolute Gasteiger partial charge is 0.234 e. The second kappa shape index (κ2) is 5.65. The summed E-state index contributed by atoms with van der Waals surface area (Å²) in [6.07, 6.45) is 1.90. The Morgan fingerprint density at radius 3 is 2.50 bits per heavy atom. The summed E-state index contributed by atoms with van der Waals surface area (Å²) >= 11 is 11.6. The number of anilines is 1. The molecular weight excluding hydrogens is 295 g/mol. The van der Waals surface area contributed by atoms with Gasteiger partial charge in [0, 0.05) is 16.1 Å². The molecule has 1 aliphatic heterocycles. The zero-order valence-corrected chi connectivity index (χ0v) is 11.9. The minimum Gasteiger partial charge on any atom is -0.313 e. The molecule has 0 saturated carbocycles. The van der Waals surface area contributed by atoms with E-state index in [-0.39, 0.29) is 11.8 Å². The fourth-order valence-corrected chi connectivity index (χ4v) is 3.90. The first-order chi connectivity index (χ1) is 8.44. The highest BCUT2D eigenvalue weighted by Crippen LogP contribution is 2.23. The lowest BCUT2D eigenvalue weighted by atomic mass is 10.3. The first kappa shape index (κ1) is 13.9. The van der Waals surface area contributed by atoms with Gasteiger partial charge in [0.05, 0.1) is 11.4 Å². The van der Waals surface area contributed by atoms with Gasteiger partial charge in [0.25, 0.3) is 0 Å². The van der Waals surface area contributed by atoms with Gasteiger partial charge in [0.2, 0.25) is 10.0 Å². The van der Waals surface area contributed by atoms with Crippen molar-refractivity contribution in [2.75, 3.05) is 17.0 Å². The summed E-state index contributed by atoms with van der Waals surface area (Å²) in [5.41, 5.74) is 0.394. The second-order valence-corrected chi connectivity index (χ2v) is 6.97. The number of nitrogens with one attached hydrogen (secondary N) is 2. The molecule has 1 unspecified atom stereocenters. The summed E-state index contributed by atoms with van der Waals surface area (Å²) in [6.45, 7) is 0.878. The highest BCUT2D eigenvalue weighted by Gasteiger charge is 2.22. The van der Waals surface area contributed by atoms with E-state index >= 15 is 0 Å². The topological polar surface area (TPSA) is 58.2 Å². The van der Waals surface area contributed by atoms with Gasteiger partial charge in [-0.15, -0.1) is 0 Å². The number of benzene rings is 1. The van der Waals surface area contributed by atoms with Crippen molar-refractivity contribution in [2.24, 2.45) is 0 Å². The van der Waals surface area contributed by atoms with Crippen LogP contribution in [0.4, 0.5) is 5.69 Å². The van der Waals surface area contributed by atoms with E-state index in [1.54, 1.807) is 6.07 Å². The first-order valence-corrected chi connectivity index (χ1v) is 8.05. The van der Waals surface area contributed by atoms with Crippen LogP contribution in [0, 0.1) is 0 Å². The number of sulfonamides is 1. The quantitative estimate of drug-likeness (QED) is 0.898. The molecule has 1 fully saturated rings. The van der Waals surface area contributed by atoms with Gasteiger partial charge >= 0.3 is 0 Å². The van der Waals surface area contributed by atoms with Crippen molar-refractivity contribution in [3.8, 4) is 0 Å². The van der Waals surface area contributed by atoms with E-state index in [9.17, 15) is 8.42 Å². The zero-order valence-electron chi connectivity index (χ0n) is 9.62. The Morgan fingerprint density at radius 1 is 1.28 bits per heavy atom. The van der Waals surface area contributed by atoms with Crippen molar-refractivity contribution in [2.45, 2.75) is 18.9 Å². The molecule has 0 radical (unpaired) electrons. The predicted molar refractivity (Wildman–Crippen MR) is 74.9 cm³/mol. The minimum absolute atomic E-state index is 0.0251. The van der Waals surface area contributed by atoms with Gasteiger partial charge in [-0.3, -0.25) is 4.72 Å². The SMILES string of the molecule is O=S(=O)(CC1CCCN1)Nc1cc(Cl)cc(Cl)c1. The van der Waals surface area contributed by atoms with Gasteiger partial charge < -0.3 is 5.32 Å². The second-order valence-electron chi connectivity index (χ2n) is 4.33. The molecular formula is C11H14Cl2N2O2S. The van der Waals surface area contributed by atoms with E-state index in [0.29, 0.717) is 15.7 Å². The molecule has 0 aromatic heterocycles. The van der Waals surface area contributed by atoms with Crippen LogP contribution in [0.2, 0.25) is 10.0 Å². The maximum absolute atomic E-state index is 11.9. The summed E-state index contributed by atoms with van der Waals surface area (Å²) in [5, 5.41) is 3.95. The Kier molecular flexibility index (Phi) is 4.37. The number of hydrogen-bond donors (Lipinski definition) is 2. The van der Waals surface area contributed by atoms with Crippen LogP contribution in [0.15, 0.2) is 18.2 Å². The summed E-state index contributed by atoms with van der Waals surface area (Å²) < 4.78 is 26.4. The van der Waals surface area contributed by atoms with E-state index < -0.39 is 10.0 Å². The largest absolute Gasteiger partial charge is 0.313 e. The Bertz CT molecular complexity index is 508. The van der Waals surface area contributed by atoms with E-state index in [0.717, 1.165) is 19.4 Å². The zero-order chi connectivity index (χ0) is 13.2. The van der Waals surface area contributed by atoms with Gasteiger partial charge in [-0.1, -0.05) is 23.2 Å². The molecule has 100 valence electrons. The van der Waals surface area contributed by atoms with Crippen molar-refractivity contribution in [3.63, 3.8) is 0 Å². The molecule has 0 spiro atoms. The van der Waals surface area contributed by atoms with E-state index in [1.165, 1.54) is 12.1 Å². The highest BCUT2D eigenvalue weighted by molar-refractivity contribution is 7.92. The molecule has 1 aromatic rings. The lowest BCUT2D eigenvalue weighted by molar-refractivity contribution is 0.582. The fraction of sp³-hybridized carbons (Fsp3) is 0.455. The van der Waals surface area contributed by atoms with Crippen LogP contribution in [0.1, 0.15) is 12.8 Å². The van der Waals surface area contributed by atoms with E-state index in [4.69, 9.17) is 23.2 Å². The molecule has 1 aliphatic rings. The molecule has 1 heterocycles. The van der Waals surface area contributed by atoms with Gasteiger partial charge in [0.1, 0.15) is 0 Å². The van der Waals surface area contributed by atoms with Crippen molar-refractivity contribution < 1.29 is 8.42 Å². The highest BCUT2D eigenvalue weighted by atomic mass is 35.5. The maximum atomic E-state index is 11.9.